The quantitative estimate of drug-likeness (QED) is 0.654. The Kier molecular flexibility index (Phi) is 8.31. The topological polar surface area (TPSA) is 77.6 Å². The number of carbonyl (C=O) groups excluding carboxylic acids is 2. The van der Waals surface area contributed by atoms with E-state index in [9.17, 15) is 22.8 Å². The third-order valence-corrected chi connectivity index (χ3v) is 5.02. The highest BCUT2D eigenvalue weighted by molar-refractivity contribution is 5.87. The molecule has 1 aliphatic heterocycles. The molecule has 168 valence electrons. The van der Waals surface area contributed by atoms with Crippen molar-refractivity contribution >= 4 is 17.8 Å². The lowest BCUT2D eigenvalue weighted by atomic mass is 10.0. The first-order valence-electron chi connectivity index (χ1n) is 10.3. The number of unbranched alkanes of at least 4 members (excludes halogenated alkanes) is 1. The van der Waals surface area contributed by atoms with Crippen molar-refractivity contribution in [3.8, 4) is 0 Å². The first-order valence-corrected chi connectivity index (χ1v) is 10.3. The van der Waals surface area contributed by atoms with Gasteiger partial charge in [-0.25, -0.2) is 9.78 Å². The Morgan fingerprint density at radius 1 is 1.20 bits per heavy atom. The molecule has 1 saturated heterocycles. The van der Waals surface area contributed by atoms with Crippen molar-refractivity contribution in [1.29, 1.82) is 0 Å². The van der Waals surface area contributed by atoms with Gasteiger partial charge in [-0.1, -0.05) is 27.2 Å². The zero-order valence-corrected chi connectivity index (χ0v) is 17.6. The summed E-state index contributed by atoms with van der Waals surface area (Å²) in [6.45, 7) is 7.22. The lowest BCUT2D eigenvalue weighted by Crippen LogP contribution is -2.57. The van der Waals surface area contributed by atoms with Gasteiger partial charge in [-0.2, -0.15) is 13.2 Å². The number of alkyl halides is 3. The summed E-state index contributed by atoms with van der Waals surface area (Å²) in [4.78, 5) is 32.1. The van der Waals surface area contributed by atoms with E-state index in [1.807, 2.05) is 20.8 Å². The lowest BCUT2D eigenvalue weighted by molar-refractivity contribution is -0.138. The molecule has 0 aliphatic carbocycles. The Bertz CT molecular complexity index is 719. The molecule has 0 radical (unpaired) electrons. The highest BCUT2D eigenvalue weighted by Crippen LogP contribution is 2.35. The SMILES string of the molecule is CCCCNC(=O)NC(C(=O)N1CCN(c2ncccc2C(F)(F)F)CC1)C(C)C. The normalized spacial score (nSPS) is 15.8. The molecule has 1 unspecified atom stereocenters. The molecule has 0 spiro atoms. The Labute approximate surface area is 175 Å². The average molecular weight is 429 g/mol. The molecule has 2 N–H and O–H groups in total. The zero-order chi connectivity index (χ0) is 22.3. The predicted molar refractivity (Wildman–Crippen MR) is 108 cm³/mol. The Hall–Kier alpha value is -2.52. The van der Waals surface area contributed by atoms with Crippen LogP contribution >= 0.6 is 0 Å². The molecule has 1 atom stereocenters. The number of urea groups is 1. The van der Waals surface area contributed by atoms with Gasteiger partial charge in [-0.15, -0.1) is 0 Å². The van der Waals surface area contributed by atoms with Crippen molar-refractivity contribution in [3.63, 3.8) is 0 Å². The fourth-order valence-corrected chi connectivity index (χ4v) is 3.29. The van der Waals surface area contributed by atoms with Crippen LogP contribution in [0.1, 0.15) is 39.2 Å². The number of halogens is 3. The molecule has 1 aliphatic rings. The Morgan fingerprint density at radius 2 is 1.87 bits per heavy atom. The van der Waals surface area contributed by atoms with Crippen LogP contribution in [0.2, 0.25) is 0 Å². The molecule has 2 heterocycles. The van der Waals surface area contributed by atoms with Crippen molar-refractivity contribution in [2.45, 2.75) is 45.8 Å². The maximum absolute atomic E-state index is 13.3. The number of nitrogens with one attached hydrogen (secondary N) is 2. The van der Waals surface area contributed by atoms with E-state index < -0.39 is 23.8 Å². The van der Waals surface area contributed by atoms with E-state index in [1.54, 1.807) is 9.80 Å². The zero-order valence-electron chi connectivity index (χ0n) is 17.6. The van der Waals surface area contributed by atoms with E-state index >= 15 is 0 Å². The number of anilines is 1. The summed E-state index contributed by atoms with van der Waals surface area (Å²) in [7, 11) is 0. The van der Waals surface area contributed by atoms with E-state index in [1.165, 1.54) is 12.3 Å². The third-order valence-electron chi connectivity index (χ3n) is 5.02. The van der Waals surface area contributed by atoms with Gasteiger partial charge in [0.2, 0.25) is 5.91 Å². The Morgan fingerprint density at radius 3 is 2.43 bits per heavy atom. The van der Waals surface area contributed by atoms with Crippen LogP contribution in [0.25, 0.3) is 0 Å². The summed E-state index contributed by atoms with van der Waals surface area (Å²) in [6, 6.07) is 1.18. The van der Waals surface area contributed by atoms with Crippen LogP contribution in [-0.4, -0.2) is 60.6 Å². The van der Waals surface area contributed by atoms with Crippen LogP contribution < -0.4 is 15.5 Å². The van der Waals surface area contributed by atoms with Gasteiger partial charge in [0.1, 0.15) is 11.9 Å². The summed E-state index contributed by atoms with van der Waals surface area (Å²) in [5.41, 5.74) is -0.782. The van der Waals surface area contributed by atoms with Crippen molar-refractivity contribution < 1.29 is 22.8 Å². The number of nitrogens with zero attached hydrogens (tertiary/aromatic N) is 3. The van der Waals surface area contributed by atoms with Gasteiger partial charge in [0, 0.05) is 38.9 Å². The number of aromatic nitrogens is 1. The van der Waals surface area contributed by atoms with Crippen LogP contribution in [0.5, 0.6) is 0 Å². The summed E-state index contributed by atoms with van der Waals surface area (Å²) in [5, 5.41) is 5.46. The van der Waals surface area contributed by atoms with Crippen LogP contribution in [0, 0.1) is 5.92 Å². The first kappa shape index (κ1) is 23.8. The van der Waals surface area contributed by atoms with E-state index in [-0.39, 0.29) is 43.8 Å². The summed E-state index contributed by atoms with van der Waals surface area (Å²) in [5.74, 6) is -0.474. The second-order valence-electron chi connectivity index (χ2n) is 7.66. The summed E-state index contributed by atoms with van der Waals surface area (Å²) < 4.78 is 39.8. The number of piperazine rings is 1. The first-order chi connectivity index (χ1) is 14.1. The third kappa shape index (κ3) is 6.24. The van der Waals surface area contributed by atoms with Crippen molar-refractivity contribution in [2.75, 3.05) is 37.6 Å². The second kappa shape index (κ2) is 10.5. The molecule has 0 bridgehead atoms. The maximum Gasteiger partial charge on any atom is 0.419 e. The average Bonchev–Trinajstić information content (AvgIpc) is 2.71. The molecule has 30 heavy (non-hydrogen) atoms. The number of carbonyl (C=O) groups is 2. The minimum Gasteiger partial charge on any atom is -0.353 e. The summed E-state index contributed by atoms with van der Waals surface area (Å²) in [6.07, 6.45) is -1.36. The highest BCUT2D eigenvalue weighted by Gasteiger charge is 2.37. The fourth-order valence-electron chi connectivity index (χ4n) is 3.29. The molecule has 3 amide bonds. The molecule has 1 aromatic rings. The van der Waals surface area contributed by atoms with Crippen LogP contribution in [0.15, 0.2) is 18.3 Å². The monoisotopic (exact) mass is 429 g/mol. The summed E-state index contributed by atoms with van der Waals surface area (Å²) >= 11 is 0. The number of rotatable bonds is 7. The van der Waals surface area contributed by atoms with E-state index in [0.29, 0.717) is 6.54 Å². The van der Waals surface area contributed by atoms with Crippen LogP contribution in [-0.2, 0) is 11.0 Å². The van der Waals surface area contributed by atoms with Gasteiger partial charge in [0.05, 0.1) is 5.56 Å². The lowest BCUT2D eigenvalue weighted by Gasteiger charge is -2.38. The molecule has 1 fully saturated rings. The molecule has 7 nitrogen and oxygen atoms in total. The van der Waals surface area contributed by atoms with Gasteiger partial charge in [-0.3, -0.25) is 4.79 Å². The minimum atomic E-state index is -4.49. The largest absolute Gasteiger partial charge is 0.419 e. The second-order valence-corrected chi connectivity index (χ2v) is 7.66. The standard InChI is InChI=1S/C20H30F3N5O2/c1-4-5-8-25-19(30)26-16(14(2)3)18(29)28-12-10-27(11-13-28)17-15(20(21,22)23)7-6-9-24-17/h6-7,9,14,16H,4-5,8,10-13H2,1-3H3,(H2,25,26,30). The fraction of sp³-hybridized carbons (Fsp3) is 0.650. The van der Waals surface area contributed by atoms with Gasteiger partial charge in [-0.05, 0) is 24.5 Å². The molecular weight excluding hydrogens is 399 g/mol. The minimum absolute atomic E-state index is 0.120. The molecule has 10 heteroatoms. The van der Waals surface area contributed by atoms with Gasteiger partial charge >= 0.3 is 12.2 Å². The Balaban J connectivity index is 1.99. The van der Waals surface area contributed by atoms with Gasteiger partial charge in [0.15, 0.2) is 0 Å². The van der Waals surface area contributed by atoms with E-state index in [4.69, 9.17) is 0 Å². The molecule has 1 aromatic heterocycles. The van der Waals surface area contributed by atoms with Crippen molar-refractivity contribution in [3.05, 3.63) is 23.9 Å². The molecule has 2 rings (SSSR count). The molecule has 0 aromatic carbocycles. The van der Waals surface area contributed by atoms with Gasteiger partial charge in [0.25, 0.3) is 0 Å². The van der Waals surface area contributed by atoms with Crippen LogP contribution in [0.4, 0.5) is 23.8 Å². The number of hydrogen-bond donors (Lipinski definition) is 2. The van der Waals surface area contributed by atoms with Gasteiger partial charge < -0.3 is 20.4 Å². The molecule has 0 saturated carbocycles. The van der Waals surface area contributed by atoms with E-state index in [2.05, 4.69) is 15.6 Å². The van der Waals surface area contributed by atoms with Crippen molar-refractivity contribution in [1.82, 2.24) is 20.5 Å². The smallest absolute Gasteiger partial charge is 0.353 e. The predicted octanol–water partition coefficient (Wildman–Crippen LogP) is 2.87. The highest BCUT2D eigenvalue weighted by atomic mass is 19.4. The number of pyridine rings is 1. The number of amides is 3. The van der Waals surface area contributed by atoms with Crippen molar-refractivity contribution in [2.24, 2.45) is 5.92 Å². The maximum atomic E-state index is 13.3. The number of hydrogen-bond acceptors (Lipinski definition) is 4. The van der Waals surface area contributed by atoms with E-state index in [0.717, 1.165) is 18.9 Å². The molecular formula is C20H30F3N5O2. The van der Waals surface area contributed by atoms with Crippen LogP contribution in [0.3, 0.4) is 0 Å².